The van der Waals surface area contributed by atoms with Gasteiger partial charge in [0.05, 0.1) is 12.6 Å². The number of nitrogens with one attached hydrogen (secondary N) is 1. The van der Waals surface area contributed by atoms with Gasteiger partial charge in [0.1, 0.15) is 5.82 Å². The molecular formula is C10H13BrFNO. The minimum atomic E-state index is -0.226. The SMILES string of the molecule is CNC(COC)c1c(F)cccc1Br. The Labute approximate surface area is 91.6 Å². The third-order valence-corrected chi connectivity index (χ3v) is 2.72. The maximum absolute atomic E-state index is 13.5. The van der Waals surface area contributed by atoms with E-state index in [9.17, 15) is 4.39 Å². The highest BCUT2D eigenvalue weighted by Crippen LogP contribution is 2.26. The molecule has 1 atom stereocenters. The smallest absolute Gasteiger partial charge is 0.129 e. The van der Waals surface area contributed by atoms with E-state index in [2.05, 4.69) is 21.2 Å². The van der Waals surface area contributed by atoms with Crippen molar-refractivity contribution in [1.29, 1.82) is 0 Å². The molecule has 0 amide bonds. The minimum absolute atomic E-state index is 0.129. The first-order valence-electron chi connectivity index (χ1n) is 4.30. The predicted octanol–water partition coefficient (Wildman–Crippen LogP) is 2.50. The number of ether oxygens (including phenoxy) is 1. The average molecular weight is 262 g/mol. The zero-order chi connectivity index (χ0) is 10.6. The largest absolute Gasteiger partial charge is 0.383 e. The molecule has 0 aliphatic heterocycles. The van der Waals surface area contributed by atoms with Crippen LogP contribution in [0.5, 0.6) is 0 Å². The lowest BCUT2D eigenvalue weighted by Gasteiger charge is -2.17. The topological polar surface area (TPSA) is 21.3 Å². The van der Waals surface area contributed by atoms with E-state index in [0.717, 1.165) is 4.47 Å². The van der Waals surface area contributed by atoms with Crippen LogP contribution >= 0.6 is 15.9 Å². The van der Waals surface area contributed by atoms with Gasteiger partial charge in [-0.15, -0.1) is 0 Å². The molecule has 1 unspecified atom stereocenters. The highest BCUT2D eigenvalue weighted by molar-refractivity contribution is 9.10. The van der Waals surface area contributed by atoms with Gasteiger partial charge in [0.25, 0.3) is 0 Å². The predicted molar refractivity (Wildman–Crippen MR) is 57.8 cm³/mol. The van der Waals surface area contributed by atoms with Gasteiger partial charge in [-0.25, -0.2) is 4.39 Å². The van der Waals surface area contributed by atoms with Crippen LogP contribution in [0.3, 0.4) is 0 Å². The van der Waals surface area contributed by atoms with Crippen LogP contribution in [0.2, 0.25) is 0 Å². The first-order chi connectivity index (χ1) is 6.70. The third kappa shape index (κ3) is 2.53. The second-order valence-electron chi connectivity index (χ2n) is 2.93. The van der Waals surface area contributed by atoms with E-state index in [1.54, 1.807) is 20.2 Å². The van der Waals surface area contributed by atoms with Gasteiger partial charge in [0.2, 0.25) is 0 Å². The van der Waals surface area contributed by atoms with Gasteiger partial charge in [-0.1, -0.05) is 22.0 Å². The van der Waals surface area contributed by atoms with Crippen molar-refractivity contribution >= 4 is 15.9 Å². The Morgan fingerprint density at radius 3 is 2.79 bits per heavy atom. The van der Waals surface area contributed by atoms with Crippen molar-refractivity contribution in [2.75, 3.05) is 20.8 Å². The summed E-state index contributed by atoms with van der Waals surface area (Å²) < 4.78 is 19.3. The minimum Gasteiger partial charge on any atom is -0.383 e. The number of benzene rings is 1. The maximum atomic E-state index is 13.5. The van der Waals surface area contributed by atoms with Gasteiger partial charge < -0.3 is 10.1 Å². The summed E-state index contributed by atoms with van der Waals surface area (Å²) in [4.78, 5) is 0. The molecule has 0 aliphatic rings. The molecule has 0 spiro atoms. The molecule has 78 valence electrons. The van der Waals surface area contributed by atoms with Crippen molar-refractivity contribution < 1.29 is 9.13 Å². The van der Waals surface area contributed by atoms with Crippen molar-refractivity contribution in [2.24, 2.45) is 0 Å². The van der Waals surface area contributed by atoms with Crippen LogP contribution in [-0.4, -0.2) is 20.8 Å². The van der Waals surface area contributed by atoms with Gasteiger partial charge in [-0.2, -0.15) is 0 Å². The molecule has 0 fully saturated rings. The summed E-state index contributed by atoms with van der Waals surface area (Å²) >= 11 is 3.32. The number of hydrogen-bond acceptors (Lipinski definition) is 2. The van der Waals surface area contributed by atoms with Crippen molar-refractivity contribution in [3.8, 4) is 0 Å². The second kappa shape index (κ2) is 5.44. The standard InChI is InChI=1S/C10H13BrFNO/c1-13-9(6-14-2)10-7(11)4-3-5-8(10)12/h3-5,9,13H,6H2,1-2H3. The summed E-state index contributed by atoms with van der Waals surface area (Å²) in [5.74, 6) is -0.226. The maximum Gasteiger partial charge on any atom is 0.129 e. The molecule has 1 N–H and O–H groups in total. The summed E-state index contributed by atoms with van der Waals surface area (Å²) in [5.41, 5.74) is 0.608. The number of likely N-dealkylation sites (N-methyl/N-ethyl adjacent to an activating group) is 1. The zero-order valence-electron chi connectivity index (χ0n) is 8.18. The molecule has 1 rings (SSSR count). The molecule has 1 aromatic carbocycles. The molecule has 2 nitrogen and oxygen atoms in total. The summed E-state index contributed by atoms with van der Waals surface area (Å²) in [6.45, 7) is 0.441. The van der Waals surface area contributed by atoms with Crippen LogP contribution in [0.15, 0.2) is 22.7 Å². The fraction of sp³-hybridized carbons (Fsp3) is 0.400. The molecule has 0 aromatic heterocycles. The fourth-order valence-electron chi connectivity index (χ4n) is 1.32. The summed E-state index contributed by atoms with van der Waals surface area (Å²) in [6, 6.07) is 4.80. The highest BCUT2D eigenvalue weighted by atomic mass is 79.9. The highest BCUT2D eigenvalue weighted by Gasteiger charge is 2.16. The lowest BCUT2D eigenvalue weighted by Crippen LogP contribution is -2.22. The van der Waals surface area contributed by atoms with Crippen molar-refractivity contribution in [2.45, 2.75) is 6.04 Å². The molecule has 4 heteroatoms. The molecule has 0 aliphatic carbocycles. The van der Waals surface area contributed by atoms with Gasteiger partial charge in [-0.05, 0) is 19.2 Å². The third-order valence-electron chi connectivity index (χ3n) is 2.03. The quantitative estimate of drug-likeness (QED) is 0.900. The van der Waals surface area contributed by atoms with Gasteiger partial charge in [-0.3, -0.25) is 0 Å². The number of rotatable bonds is 4. The van der Waals surface area contributed by atoms with Crippen molar-refractivity contribution in [3.63, 3.8) is 0 Å². The van der Waals surface area contributed by atoms with E-state index in [-0.39, 0.29) is 11.9 Å². The lowest BCUT2D eigenvalue weighted by atomic mass is 10.1. The van der Waals surface area contributed by atoms with Crippen molar-refractivity contribution in [1.82, 2.24) is 5.32 Å². The van der Waals surface area contributed by atoms with E-state index in [4.69, 9.17) is 4.74 Å². The van der Waals surface area contributed by atoms with E-state index in [0.29, 0.717) is 12.2 Å². The van der Waals surface area contributed by atoms with Gasteiger partial charge in [0, 0.05) is 17.1 Å². The van der Waals surface area contributed by atoms with Crippen LogP contribution in [0.4, 0.5) is 4.39 Å². The Morgan fingerprint density at radius 1 is 1.57 bits per heavy atom. The average Bonchev–Trinajstić information content (AvgIpc) is 2.16. The lowest BCUT2D eigenvalue weighted by molar-refractivity contribution is 0.168. The van der Waals surface area contributed by atoms with Crippen LogP contribution in [0, 0.1) is 5.82 Å². The Kier molecular flexibility index (Phi) is 4.51. The second-order valence-corrected chi connectivity index (χ2v) is 3.79. The summed E-state index contributed by atoms with van der Waals surface area (Å²) in [6.07, 6.45) is 0. The molecule has 0 heterocycles. The molecule has 14 heavy (non-hydrogen) atoms. The van der Waals surface area contributed by atoms with Gasteiger partial charge >= 0.3 is 0 Å². The molecular weight excluding hydrogens is 249 g/mol. The Morgan fingerprint density at radius 2 is 2.29 bits per heavy atom. The molecule has 0 saturated heterocycles. The Balaban J connectivity index is 3.02. The van der Waals surface area contributed by atoms with Crippen LogP contribution in [0.1, 0.15) is 11.6 Å². The summed E-state index contributed by atoms with van der Waals surface area (Å²) in [7, 11) is 3.38. The summed E-state index contributed by atoms with van der Waals surface area (Å²) in [5, 5.41) is 3.01. The first kappa shape index (κ1) is 11.6. The monoisotopic (exact) mass is 261 g/mol. The molecule has 0 radical (unpaired) electrons. The normalized spacial score (nSPS) is 12.9. The molecule has 0 saturated carbocycles. The number of halogens is 2. The zero-order valence-corrected chi connectivity index (χ0v) is 9.77. The molecule has 1 aromatic rings. The van der Waals surface area contributed by atoms with E-state index in [1.165, 1.54) is 6.07 Å². The Hall–Kier alpha value is -0.450. The fourth-order valence-corrected chi connectivity index (χ4v) is 1.94. The van der Waals surface area contributed by atoms with Crippen LogP contribution in [-0.2, 0) is 4.74 Å². The van der Waals surface area contributed by atoms with E-state index < -0.39 is 0 Å². The molecule has 0 bridgehead atoms. The van der Waals surface area contributed by atoms with E-state index >= 15 is 0 Å². The number of hydrogen-bond donors (Lipinski definition) is 1. The van der Waals surface area contributed by atoms with E-state index in [1.807, 2.05) is 6.07 Å². The Bertz CT molecular complexity index is 286. The van der Waals surface area contributed by atoms with Crippen molar-refractivity contribution in [3.05, 3.63) is 34.1 Å². The number of methoxy groups -OCH3 is 1. The van der Waals surface area contributed by atoms with Crippen LogP contribution in [0.25, 0.3) is 0 Å². The first-order valence-corrected chi connectivity index (χ1v) is 5.10. The van der Waals surface area contributed by atoms with Gasteiger partial charge in [0.15, 0.2) is 0 Å². The van der Waals surface area contributed by atoms with Crippen LogP contribution < -0.4 is 5.32 Å².